The summed E-state index contributed by atoms with van der Waals surface area (Å²) in [7, 11) is 0. The molecule has 0 radical (unpaired) electrons. The van der Waals surface area contributed by atoms with Gasteiger partial charge in [0.25, 0.3) is 0 Å². The molecule has 0 aliphatic heterocycles. The number of aryl methyl sites for hydroxylation is 1. The maximum Gasteiger partial charge on any atom is 0.182 e. The Bertz CT molecular complexity index is 270. The van der Waals surface area contributed by atoms with Gasteiger partial charge in [-0.25, -0.2) is 4.98 Å². The van der Waals surface area contributed by atoms with E-state index < -0.39 is 0 Å². The van der Waals surface area contributed by atoms with Crippen LogP contribution in [-0.4, -0.2) is 17.3 Å². The molecule has 0 atom stereocenters. The molecule has 1 aromatic rings. The van der Waals surface area contributed by atoms with E-state index in [0.29, 0.717) is 18.7 Å². The standard InChI is InChI=1S/C8H12N2OS/c1-6-10-7(5-12-6)8(11)3-2-4-9/h5H,2-4,9H2,1H3. The van der Waals surface area contributed by atoms with Gasteiger partial charge in [-0.1, -0.05) is 0 Å². The van der Waals surface area contributed by atoms with Crippen molar-refractivity contribution in [1.29, 1.82) is 0 Å². The van der Waals surface area contributed by atoms with E-state index in [0.717, 1.165) is 11.4 Å². The van der Waals surface area contributed by atoms with Crippen LogP contribution >= 0.6 is 11.3 Å². The third-order valence-electron chi connectivity index (χ3n) is 1.51. The summed E-state index contributed by atoms with van der Waals surface area (Å²) in [5.41, 5.74) is 5.88. The molecule has 4 heteroatoms. The van der Waals surface area contributed by atoms with Crippen molar-refractivity contribution in [2.45, 2.75) is 19.8 Å². The van der Waals surface area contributed by atoms with E-state index in [9.17, 15) is 4.79 Å². The van der Waals surface area contributed by atoms with Crippen molar-refractivity contribution in [3.05, 3.63) is 16.1 Å². The maximum atomic E-state index is 11.3. The van der Waals surface area contributed by atoms with Crippen LogP contribution in [0.2, 0.25) is 0 Å². The minimum absolute atomic E-state index is 0.102. The van der Waals surface area contributed by atoms with Gasteiger partial charge in [0.2, 0.25) is 0 Å². The van der Waals surface area contributed by atoms with Gasteiger partial charge in [0.05, 0.1) is 5.01 Å². The largest absolute Gasteiger partial charge is 0.330 e. The molecule has 0 saturated carbocycles. The lowest BCUT2D eigenvalue weighted by molar-refractivity contribution is 0.0976. The van der Waals surface area contributed by atoms with Gasteiger partial charge in [-0.05, 0) is 19.9 Å². The van der Waals surface area contributed by atoms with Crippen LogP contribution in [-0.2, 0) is 0 Å². The number of thiazole rings is 1. The number of nitrogens with zero attached hydrogens (tertiary/aromatic N) is 1. The molecule has 2 N–H and O–H groups in total. The zero-order valence-corrected chi connectivity index (χ0v) is 7.86. The first kappa shape index (κ1) is 9.35. The van der Waals surface area contributed by atoms with Gasteiger partial charge in [-0.2, -0.15) is 0 Å². The molecule has 1 heterocycles. The van der Waals surface area contributed by atoms with Crippen molar-refractivity contribution in [2.24, 2.45) is 5.73 Å². The van der Waals surface area contributed by atoms with Crippen LogP contribution in [0.5, 0.6) is 0 Å². The fourth-order valence-electron chi connectivity index (χ4n) is 0.882. The second-order valence-electron chi connectivity index (χ2n) is 2.57. The number of aromatic nitrogens is 1. The van der Waals surface area contributed by atoms with Crippen LogP contribution in [0.25, 0.3) is 0 Å². The second-order valence-corrected chi connectivity index (χ2v) is 3.63. The topological polar surface area (TPSA) is 56.0 Å². The quantitative estimate of drug-likeness (QED) is 0.719. The number of hydrogen-bond acceptors (Lipinski definition) is 4. The molecule has 0 unspecified atom stereocenters. The van der Waals surface area contributed by atoms with Crippen LogP contribution in [0.3, 0.4) is 0 Å². The Morgan fingerprint density at radius 1 is 1.75 bits per heavy atom. The summed E-state index contributed by atoms with van der Waals surface area (Å²) in [5.74, 6) is 0.102. The Labute approximate surface area is 75.6 Å². The Morgan fingerprint density at radius 3 is 3.00 bits per heavy atom. The number of hydrogen-bond donors (Lipinski definition) is 1. The Kier molecular flexibility index (Phi) is 3.37. The fourth-order valence-corrected chi connectivity index (χ4v) is 1.50. The van der Waals surface area contributed by atoms with Crippen molar-refractivity contribution >= 4 is 17.1 Å². The summed E-state index contributed by atoms with van der Waals surface area (Å²) < 4.78 is 0. The monoisotopic (exact) mass is 184 g/mol. The summed E-state index contributed by atoms with van der Waals surface area (Å²) in [6.07, 6.45) is 1.26. The minimum atomic E-state index is 0.102. The maximum absolute atomic E-state index is 11.3. The molecular formula is C8H12N2OS. The van der Waals surface area contributed by atoms with E-state index in [1.165, 1.54) is 11.3 Å². The van der Waals surface area contributed by atoms with Gasteiger partial charge in [-0.15, -0.1) is 11.3 Å². The summed E-state index contributed by atoms with van der Waals surface area (Å²) in [6.45, 7) is 2.46. The fraction of sp³-hybridized carbons (Fsp3) is 0.500. The van der Waals surface area contributed by atoms with Crippen LogP contribution in [0.4, 0.5) is 0 Å². The van der Waals surface area contributed by atoms with Crippen molar-refractivity contribution < 1.29 is 4.79 Å². The smallest absolute Gasteiger partial charge is 0.182 e. The number of carbonyl (C=O) groups excluding carboxylic acids is 1. The van der Waals surface area contributed by atoms with Crippen molar-refractivity contribution in [3.8, 4) is 0 Å². The van der Waals surface area contributed by atoms with E-state index in [1.54, 1.807) is 5.38 Å². The van der Waals surface area contributed by atoms with Crippen molar-refractivity contribution in [2.75, 3.05) is 6.54 Å². The normalized spacial score (nSPS) is 10.2. The first-order valence-corrected chi connectivity index (χ1v) is 4.77. The Hall–Kier alpha value is -0.740. The summed E-state index contributed by atoms with van der Waals surface area (Å²) in [4.78, 5) is 15.4. The molecule has 12 heavy (non-hydrogen) atoms. The van der Waals surface area contributed by atoms with Crippen molar-refractivity contribution in [1.82, 2.24) is 4.98 Å². The summed E-state index contributed by atoms with van der Waals surface area (Å²) in [6, 6.07) is 0. The predicted molar refractivity (Wildman–Crippen MR) is 49.5 cm³/mol. The van der Waals surface area contributed by atoms with E-state index >= 15 is 0 Å². The van der Waals surface area contributed by atoms with E-state index in [-0.39, 0.29) is 5.78 Å². The molecule has 66 valence electrons. The third-order valence-corrected chi connectivity index (χ3v) is 2.29. The van der Waals surface area contributed by atoms with E-state index in [4.69, 9.17) is 5.73 Å². The number of carbonyl (C=O) groups is 1. The van der Waals surface area contributed by atoms with E-state index in [1.807, 2.05) is 6.92 Å². The van der Waals surface area contributed by atoms with Gasteiger partial charge >= 0.3 is 0 Å². The first-order chi connectivity index (χ1) is 5.74. The van der Waals surface area contributed by atoms with Gasteiger partial charge in [0.15, 0.2) is 5.78 Å². The van der Waals surface area contributed by atoms with Crippen LogP contribution < -0.4 is 5.73 Å². The lowest BCUT2D eigenvalue weighted by Gasteiger charge is -1.93. The van der Waals surface area contributed by atoms with Crippen LogP contribution in [0.1, 0.15) is 28.3 Å². The van der Waals surface area contributed by atoms with Gasteiger partial charge in [-0.3, -0.25) is 4.79 Å². The van der Waals surface area contributed by atoms with Gasteiger partial charge in [0.1, 0.15) is 5.69 Å². The number of nitrogens with two attached hydrogens (primary N) is 1. The molecule has 0 aliphatic carbocycles. The van der Waals surface area contributed by atoms with Crippen molar-refractivity contribution in [3.63, 3.8) is 0 Å². The molecular weight excluding hydrogens is 172 g/mol. The van der Waals surface area contributed by atoms with Gasteiger partial charge < -0.3 is 5.73 Å². The molecule has 1 aromatic heterocycles. The lowest BCUT2D eigenvalue weighted by atomic mass is 10.2. The van der Waals surface area contributed by atoms with Crippen LogP contribution in [0.15, 0.2) is 5.38 Å². The molecule has 0 aliphatic rings. The zero-order chi connectivity index (χ0) is 8.97. The lowest BCUT2D eigenvalue weighted by Crippen LogP contribution is -2.05. The number of rotatable bonds is 4. The Morgan fingerprint density at radius 2 is 2.50 bits per heavy atom. The highest BCUT2D eigenvalue weighted by atomic mass is 32.1. The second kappa shape index (κ2) is 4.33. The number of ketones is 1. The number of Topliss-reactive ketones (excluding diaryl/α,β-unsaturated/α-hetero) is 1. The summed E-state index contributed by atoms with van der Waals surface area (Å²) in [5, 5.41) is 2.74. The van der Waals surface area contributed by atoms with Crippen LogP contribution in [0, 0.1) is 6.92 Å². The molecule has 0 saturated heterocycles. The predicted octanol–water partition coefficient (Wildman–Crippen LogP) is 1.37. The highest BCUT2D eigenvalue weighted by Crippen LogP contribution is 2.10. The molecule has 0 spiro atoms. The molecule has 1 rings (SSSR count). The molecule has 0 fully saturated rings. The highest BCUT2D eigenvalue weighted by molar-refractivity contribution is 7.09. The van der Waals surface area contributed by atoms with Gasteiger partial charge in [0, 0.05) is 11.8 Å². The SMILES string of the molecule is Cc1nc(C(=O)CCCN)cs1. The molecule has 0 aromatic carbocycles. The average Bonchev–Trinajstić information content (AvgIpc) is 2.47. The molecule has 0 amide bonds. The molecule has 3 nitrogen and oxygen atoms in total. The minimum Gasteiger partial charge on any atom is -0.330 e. The summed E-state index contributed by atoms with van der Waals surface area (Å²) >= 11 is 1.50. The highest BCUT2D eigenvalue weighted by Gasteiger charge is 2.07. The average molecular weight is 184 g/mol. The molecule has 0 bridgehead atoms. The zero-order valence-electron chi connectivity index (χ0n) is 7.04. The van der Waals surface area contributed by atoms with E-state index in [2.05, 4.69) is 4.98 Å². The third kappa shape index (κ3) is 2.39. The Balaban J connectivity index is 2.53. The first-order valence-electron chi connectivity index (χ1n) is 3.89.